The van der Waals surface area contributed by atoms with Crippen molar-refractivity contribution in [2.45, 2.75) is 5.92 Å². The molecule has 2 N–H and O–H groups in total. The number of hydrogen-bond donors (Lipinski definition) is 1. The summed E-state index contributed by atoms with van der Waals surface area (Å²) in [7, 11) is 0. The highest BCUT2D eigenvalue weighted by Crippen LogP contribution is 2.36. The van der Waals surface area contributed by atoms with Gasteiger partial charge < -0.3 is 10.5 Å². The standard InChI is InChI=1S/C14H11BrClF2NO/c15-11-6-10(16)7-12(19)13(11)20-8-14(17,18)9-4-2-1-3-5-9/h1-7H,8,19H2. The van der Waals surface area contributed by atoms with Crippen LogP contribution in [0.4, 0.5) is 14.5 Å². The van der Waals surface area contributed by atoms with E-state index in [9.17, 15) is 8.78 Å². The maximum Gasteiger partial charge on any atom is 0.306 e. The molecule has 0 radical (unpaired) electrons. The van der Waals surface area contributed by atoms with Gasteiger partial charge in [0, 0.05) is 10.6 Å². The molecule has 106 valence electrons. The van der Waals surface area contributed by atoms with Gasteiger partial charge in [-0.15, -0.1) is 0 Å². The zero-order chi connectivity index (χ0) is 14.8. The van der Waals surface area contributed by atoms with Crippen molar-refractivity contribution in [3.63, 3.8) is 0 Å². The molecule has 6 heteroatoms. The molecule has 20 heavy (non-hydrogen) atoms. The number of hydrogen-bond acceptors (Lipinski definition) is 2. The Labute approximate surface area is 128 Å². The lowest BCUT2D eigenvalue weighted by Crippen LogP contribution is -2.23. The molecular formula is C14H11BrClF2NO. The van der Waals surface area contributed by atoms with Gasteiger partial charge in [0.1, 0.15) is 0 Å². The lowest BCUT2D eigenvalue weighted by molar-refractivity contribution is -0.0466. The first-order valence-electron chi connectivity index (χ1n) is 5.71. The van der Waals surface area contributed by atoms with Gasteiger partial charge in [-0.3, -0.25) is 0 Å². The Morgan fingerprint density at radius 3 is 2.45 bits per heavy atom. The first-order chi connectivity index (χ1) is 9.40. The van der Waals surface area contributed by atoms with Crippen molar-refractivity contribution >= 4 is 33.2 Å². The van der Waals surface area contributed by atoms with Crippen LogP contribution in [0.15, 0.2) is 46.9 Å². The van der Waals surface area contributed by atoms with Crippen molar-refractivity contribution in [2.75, 3.05) is 12.3 Å². The Hall–Kier alpha value is -1.33. The first-order valence-corrected chi connectivity index (χ1v) is 6.88. The molecule has 0 aliphatic carbocycles. The molecule has 0 saturated heterocycles. The second kappa shape index (κ2) is 5.97. The van der Waals surface area contributed by atoms with Crippen LogP contribution in [0.5, 0.6) is 5.75 Å². The zero-order valence-electron chi connectivity index (χ0n) is 10.2. The molecular weight excluding hydrogens is 352 g/mol. The van der Waals surface area contributed by atoms with Crippen LogP contribution in [-0.2, 0) is 5.92 Å². The van der Waals surface area contributed by atoms with Crippen molar-refractivity contribution in [2.24, 2.45) is 0 Å². The van der Waals surface area contributed by atoms with E-state index in [0.29, 0.717) is 9.50 Å². The Morgan fingerprint density at radius 2 is 1.85 bits per heavy atom. The lowest BCUT2D eigenvalue weighted by Gasteiger charge is -2.19. The molecule has 2 aromatic rings. The fourth-order valence-corrected chi connectivity index (χ4v) is 2.61. The molecule has 0 aliphatic heterocycles. The van der Waals surface area contributed by atoms with Crippen LogP contribution in [0.1, 0.15) is 5.56 Å². The van der Waals surface area contributed by atoms with Gasteiger partial charge in [0.05, 0.1) is 10.2 Å². The van der Waals surface area contributed by atoms with Crippen LogP contribution in [0, 0.1) is 0 Å². The number of benzene rings is 2. The van der Waals surface area contributed by atoms with E-state index in [2.05, 4.69) is 15.9 Å². The predicted octanol–water partition coefficient (Wildman–Crippen LogP) is 4.86. The molecule has 0 unspecified atom stereocenters. The summed E-state index contributed by atoms with van der Waals surface area (Å²) in [6, 6.07) is 10.5. The Bertz CT molecular complexity index is 584. The largest absolute Gasteiger partial charge is 0.484 e. The minimum absolute atomic E-state index is 0.108. The fourth-order valence-electron chi connectivity index (χ4n) is 1.66. The minimum atomic E-state index is -3.10. The summed E-state index contributed by atoms with van der Waals surface area (Å²) in [6.07, 6.45) is 0. The van der Waals surface area contributed by atoms with E-state index in [1.54, 1.807) is 18.2 Å². The molecule has 2 rings (SSSR count). The van der Waals surface area contributed by atoms with E-state index in [1.807, 2.05) is 0 Å². The first kappa shape index (κ1) is 15.1. The van der Waals surface area contributed by atoms with Gasteiger partial charge >= 0.3 is 5.92 Å². The number of halogens is 4. The van der Waals surface area contributed by atoms with E-state index < -0.39 is 12.5 Å². The van der Waals surface area contributed by atoms with Crippen LogP contribution >= 0.6 is 27.5 Å². The van der Waals surface area contributed by atoms with E-state index in [-0.39, 0.29) is 17.0 Å². The highest BCUT2D eigenvalue weighted by molar-refractivity contribution is 9.10. The number of rotatable bonds is 4. The molecule has 0 aliphatic rings. The minimum Gasteiger partial charge on any atom is -0.484 e. The molecule has 0 saturated carbocycles. The number of nitrogens with two attached hydrogens (primary N) is 1. The number of anilines is 1. The second-order valence-electron chi connectivity index (χ2n) is 4.17. The number of nitrogen functional groups attached to an aromatic ring is 1. The van der Waals surface area contributed by atoms with Crippen molar-refractivity contribution in [3.05, 3.63) is 57.5 Å². The monoisotopic (exact) mass is 361 g/mol. The summed E-state index contributed by atoms with van der Waals surface area (Å²) >= 11 is 8.98. The molecule has 0 bridgehead atoms. The SMILES string of the molecule is Nc1cc(Cl)cc(Br)c1OCC(F)(F)c1ccccc1. The second-order valence-corrected chi connectivity index (χ2v) is 5.46. The van der Waals surface area contributed by atoms with Crippen LogP contribution in [0.2, 0.25) is 5.02 Å². The van der Waals surface area contributed by atoms with E-state index in [0.717, 1.165) is 0 Å². The van der Waals surface area contributed by atoms with Crippen LogP contribution in [0.3, 0.4) is 0 Å². The van der Waals surface area contributed by atoms with Crippen molar-refractivity contribution in [1.29, 1.82) is 0 Å². The third kappa shape index (κ3) is 3.41. The van der Waals surface area contributed by atoms with Crippen molar-refractivity contribution in [3.8, 4) is 5.75 Å². The van der Waals surface area contributed by atoms with Crippen LogP contribution < -0.4 is 10.5 Å². The summed E-state index contributed by atoms with van der Waals surface area (Å²) in [5.74, 6) is -2.95. The number of ether oxygens (including phenoxy) is 1. The molecule has 0 spiro atoms. The molecule has 0 aromatic heterocycles. The van der Waals surface area contributed by atoms with Crippen molar-refractivity contribution in [1.82, 2.24) is 0 Å². The van der Waals surface area contributed by atoms with Gasteiger partial charge in [-0.1, -0.05) is 41.9 Å². The maximum atomic E-state index is 14.0. The maximum absolute atomic E-state index is 14.0. The third-order valence-corrected chi connectivity index (χ3v) is 3.44. The van der Waals surface area contributed by atoms with Gasteiger partial charge in [-0.25, -0.2) is 0 Å². The third-order valence-electron chi connectivity index (χ3n) is 2.63. The zero-order valence-corrected chi connectivity index (χ0v) is 12.6. The normalized spacial score (nSPS) is 11.4. The van der Waals surface area contributed by atoms with Gasteiger partial charge in [0.25, 0.3) is 0 Å². The van der Waals surface area contributed by atoms with Crippen molar-refractivity contribution < 1.29 is 13.5 Å². The predicted molar refractivity (Wildman–Crippen MR) is 79.4 cm³/mol. The van der Waals surface area contributed by atoms with Gasteiger partial charge in [-0.05, 0) is 28.1 Å². The van der Waals surface area contributed by atoms with Crippen LogP contribution in [-0.4, -0.2) is 6.61 Å². The number of alkyl halides is 2. The summed E-state index contributed by atoms with van der Waals surface area (Å²) in [6.45, 7) is -0.804. The lowest BCUT2D eigenvalue weighted by atomic mass is 10.1. The van der Waals surface area contributed by atoms with Gasteiger partial charge in [0.15, 0.2) is 12.4 Å². The molecule has 0 amide bonds. The Balaban J connectivity index is 2.17. The average Bonchev–Trinajstić information content (AvgIpc) is 2.38. The van der Waals surface area contributed by atoms with Gasteiger partial charge in [0.2, 0.25) is 0 Å². The van der Waals surface area contributed by atoms with E-state index >= 15 is 0 Å². The van der Waals surface area contributed by atoms with E-state index in [4.69, 9.17) is 22.1 Å². The highest BCUT2D eigenvalue weighted by Gasteiger charge is 2.32. The smallest absolute Gasteiger partial charge is 0.306 e. The molecule has 2 aromatic carbocycles. The molecule has 0 atom stereocenters. The highest BCUT2D eigenvalue weighted by atomic mass is 79.9. The molecule has 0 heterocycles. The summed E-state index contributed by atoms with van der Waals surface area (Å²) in [5.41, 5.74) is 5.80. The summed E-state index contributed by atoms with van der Waals surface area (Å²) < 4.78 is 33.6. The quantitative estimate of drug-likeness (QED) is 0.789. The Kier molecular flexibility index (Phi) is 4.50. The summed E-state index contributed by atoms with van der Waals surface area (Å²) in [4.78, 5) is 0. The molecule has 2 nitrogen and oxygen atoms in total. The average molecular weight is 363 g/mol. The topological polar surface area (TPSA) is 35.2 Å². The summed E-state index contributed by atoms with van der Waals surface area (Å²) in [5, 5.41) is 0.400. The van der Waals surface area contributed by atoms with Gasteiger partial charge in [-0.2, -0.15) is 8.78 Å². The fraction of sp³-hybridized carbons (Fsp3) is 0.143. The van der Waals surface area contributed by atoms with Crippen LogP contribution in [0.25, 0.3) is 0 Å². The Morgan fingerprint density at radius 1 is 1.20 bits per heavy atom. The van der Waals surface area contributed by atoms with E-state index in [1.165, 1.54) is 24.3 Å². The molecule has 0 fully saturated rings.